The number of para-hydroxylation sites is 1. The Morgan fingerprint density at radius 2 is 2.14 bits per heavy atom. The highest BCUT2D eigenvalue weighted by Crippen LogP contribution is 2.25. The predicted octanol–water partition coefficient (Wildman–Crippen LogP) is 2.28. The van der Waals surface area contributed by atoms with E-state index in [9.17, 15) is 0 Å². The zero-order valence-corrected chi connectivity index (χ0v) is 8.19. The third kappa shape index (κ3) is 1.93. The van der Waals surface area contributed by atoms with Crippen LogP contribution in [0.4, 0.5) is 5.69 Å². The minimum atomic E-state index is 0.279. The van der Waals surface area contributed by atoms with Crippen molar-refractivity contribution in [1.82, 2.24) is 0 Å². The average molecular weight is 191 g/mol. The normalized spacial score (nSPS) is 14.5. The molecule has 0 aliphatic carbocycles. The van der Waals surface area contributed by atoms with Crippen molar-refractivity contribution in [2.75, 3.05) is 13.9 Å². The van der Waals surface area contributed by atoms with Gasteiger partial charge in [-0.15, -0.1) is 0 Å². The van der Waals surface area contributed by atoms with E-state index >= 15 is 0 Å². The molecule has 0 amide bonds. The van der Waals surface area contributed by atoms with E-state index in [2.05, 4.69) is 11.1 Å². The van der Waals surface area contributed by atoms with Crippen LogP contribution < -0.4 is 0 Å². The molecule has 14 heavy (non-hydrogen) atoms. The average Bonchev–Trinajstić information content (AvgIpc) is 2.26. The number of hydrogen-bond acceptors (Lipinski definition) is 3. The topological polar surface area (TPSA) is 30.8 Å². The Morgan fingerprint density at radius 3 is 3.00 bits per heavy atom. The molecule has 0 N–H and O–H groups in total. The molecule has 3 heteroatoms. The fraction of sp³-hybridized carbons (Fsp3) is 0.364. The van der Waals surface area contributed by atoms with Gasteiger partial charge < -0.3 is 9.47 Å². The van der Waals surface area contributed by atoms with Crippen LogP contribution in [-0.4, -0.2) is 19.8 Å². The summed E-state index contributed by atoms with van der Waals surface area (Å²) in [5, 5.41) is 0. The van der Waals surface area contributed by atoms with Crippen molar-refractivity contribution in [1.29, 1.82) is 0 Å². The molecule has 1 aromatic rings. The lowest BCUT2D eigenvalue weighted by Crippen LogP contribution is -2.11. The van der Waals surface area contributed by atoms with Gasteiger partial charge in [0.1, 0.15) is 0 Å². The molecule has 0 aromatic heterocycles. The van der Waals surface area contributed by atoms with Gasteiger partial charge in [-0.2, -0.15) is 0 Å². The first-order valence-electron chi connectivity index (χ1n) is 4.67. The number of methoxy groups -OCH3 is 1. The summed E-state index contributed by atoms with van der Waals surface area (Å²) >= 11 is 0. The molecule has 0 unspecified atom stereocenters. The van der Waals surface area contributed by atoms with Crippen molar-refractivity contribution >= 4 is 11.6 Å². The van der Waals surface area contributed by atoms with E-state index in [1.807, 2.05) is 18.2 Å². The second-order valence-electron chi connectivity index (χ2n) is 3.19. The Morgan fingerprint density at radius 1 is 1.29 bits per heavy atom. The third-order valence-electron chi connectivity index (χ3n) is 2.19. The van der Waals surface area contributed by atoms with Crippen molar-refractivity contribution in [3.8, 4) is 0 Å². The molecule has 1 aromatic carbocycles. The summed E-state index contributed by atoms with van der Waals surface area (Å²) < 4.78 is 10.1. The highest BCUT2D eigenvalue weighted by molar-refractivity contribution is 5.82. The van der Waals surface area contributed by atoms with Crippen LogP contribution in [-0.2, 0) is 15.9 Å². The monoisotopic (exact) mass is 191 g/mol. The number of ether oxygens (including phenoxy) is 2. The zero-order chi connectivity index (χ0) is 9.80. The van der Waals surface area contributed by atoms with Gasteiger partial charge in [0.05, 0.1) is 5.69 Å². The molecule has 0 bridgehead atoms. The first kappa shape index (κ1) is 9.21. The Hall–Kier alpha value is -1.35. The summed E-state index contributed by atoms with van der Waals surface area (Å²) in [6.45, 7) is 0.279. The summed E-state index contributed by atoms with van der Waals surface area (Å²) in [5.41, 5.74) is 2.31. The highest BCUT2D eigenvalue weighted by Gasteiger charge is 2.11. The van der Waals surface area contributed by atoms with Crippen LogP contribution in [0.1, 0.15) is 12.0 Å². The maximum absolute atomic E-state index is 5.32. The summed E-state index contributed by atoms with van der Waals surface area (Å²) in [4.78, 5) is 4.40. The van der Waals surface area contributed by atoms with Gasteiger partial charge in [-0.05, 0) is 18.1 Å². The van der Waals surface area contributed by atoms with Crippen molar-refractivity contribution < 1.29 is 9.47 Å². The molecule has 0 spiro atoms. The van der Waals surface area contributed by atoms with E-state index in [0.29, 0.717) is 0 Å². The molecular weight excluding hydrogens is 178 g/mol. The molecule has 3 nitrogen and oxygen atoms in total. The minimum Gasteiger partial charge on any atom is -0.454 e. The van der Waals surface area contributed by atoms with E-state index in [-0.39, 0.29) is 6.79 Å². The second kappa shape index (κ2) is 4.24. The van der Waals surface area contributed by atoms with Crippen LogP contribution in [0.3, 0.4) is 0 Å². The highest BCUT2D eigenvalue weighted by atomic mass is 16.7. The molecule has 74 valence electrons. The largest absolute Gasteiger partial charge is 0.454 e. The van der Waals surface area contributed by atoms with Crippen molar-refractivity contribution in [3.63, 3.8) is 0 Å². The maximum Gasteiger partial charge on any atom is 0.191 e. The summed E-state index contributed by atoms with van der Waals surface area (Å²) in [5.74, 6) is 0.769. The molecule has 0 saturated heterocycles. The summed E-state index contributed by atoms with van der Waals surface area (Å²) in [6.07, 6.45) is 1.86. The standard InChI is InChI=1S/C11H13NO2/c1-13-8-14-11-7-6-9-4-2-3-5-10(9)12-11/h2-5H,6-8H2,1H3. The third-order valence-corrected chi connectivity index (χ3v) is 2.19. The van der Waals surface area contributed by atoms with Crippen LogP contribution in [0.5, 0.6) is 0 Å². The lowest BCUT2D eigenvalue weighted by Gasteiger charge is -2.15. The second-order valence-corrected chi connectivity index (χ2v) is 3.19. The van der Waals surface area contributed by atoms with E-state index in [1.54, 1.807) is 7.11 Å². The Kier molecular flexibility index (Phi) is 2.79. The number of aryl methyl sites for hydroxylation is 1. The maximum atomic E-state index is 5.32. The van der Waals surface area contributed by atoms with Gasteiger partial charge in [-0.3, -0.25) is 0 Å². The van der Waals surface area contributed by atoms with Crippen LogP contribution >= 0.6 is 0 Å². The molecule has 0 saturated carbocycles. The fourth-order valence-electron chi connectivity index (χ4n) is 1.49. The number of rotatable bonds is 2. The lowest BCUT2D eigenvalue weighted by atomic mass is 10.1. The predicted molar refractivity (Wildman–Crippen MR) is 54.8 cm³/mol. The van der Waals surface area contributed by atoms with Gasteiger partial charge in [0.25, 0.3) is 0 Å². The van der Waals surface area contributed by atoms with Crippen molar-refractivity contribution in [2.45, 2.75) is 12.8 Å². The fourth-order valence-corrected chi connectivity index (χ4v) is 1.49. The van der Waals surface area contributed by atoms with Gasteiger partial charge in [0.2, 0.25) is 0 Å². The quantitative estimate of drug-likeness (QED) is 0.671. The summed E-state index contributed by atoms with van der Waals surface area (Å²) in [7, 11) is 1.61. The van der Waals surface area contributed by atoms with Gasteiger partial charge in [-0.25, -0.2) is 4.99 Å². The molecule has 0 fully saturated rings. The first-order chi connectivity index (χ1) is 6.90. The SMILES string of the molecule is COCOC1=Nc2ccccc2CC1. The lowest BCUT2D eigenvalue weighted by molar-refractivity contribution is 0.0401. The van der Waals surface area contributed by atoms with Crippen LogP contribution in [0.2, 0.25) is 0 Å². The van der Waals surface area contributed by atoms with Gasteiger partial charge in [0.15, 0.2) is 12.7 Å². The number of benzene rings is 1. The Balaban J connectivity index is 2.14. The van der Waals surface area contributed by atoms with Crippen molar-refractivity contribution in [2.24, 2.45) is 4.99 Å². The number of aliphatic imine (C=N–C) groups is 1. The van der Waals surface area contributed by atoms with Crippen LogP contribution in [0, 0.1) is 0 Å². The van der Waals surface area contributed by atoms with Gasteiger partial charge in [-0.1, -0.05) is 18.2 Å². The molecular formula is C11H13NO2. The van der Waals surface area contributed by atoms with E-state index in [4.69, 9.17) is 9.47 Å². The van der Waals surface area contributed by atoms with Gasteiger partial charge in [0, 0.05) is 13.5 Å². The Bertz CT molecular complexity index is 347. The minimum absolute atomic E-state index is 0.279. The number of nitrogens with zero attached hydrogens (tertiary/aromatic N) is 1. The zero-order valence-electron chi connectivity index (χ0n) is 8.19. The molecule has 2 rings (SSSR count). The molecule has 1 aliphatic rings. The summed E-state index contributed by atoms with van der Waals surface area (Å²) in [6, 6.07) is 8.13. The molecule has 0 radical (unpaired) electrons. The van der Waals surface area contributed by atoms with E-state index in [1.165, 1.54) is 5.56 Å². The number of fused-ring (bicyclic) bond motifs is 1. The van der Waals surface area contributed by atoms with E-state index < -0.39 is 0 Å². The molecule has 1 aliphatic heterocycles. The first-order valence-corrected chi connectivity index (χ1v) is 4.67. The smallest absolute Gasteiger partial charge is 0.191 e. The molecule has 1 heterocycles. The molecule has 0 atom stereocenters. The van der Waals surface area contributed by atoms with Crippen LogP contribution in [0.25, 0.3) is 0 Å². The van der Waals surface area contributed by atoms with Crippen LogP contribution in [0.15, 0.2) is 29.3 Å². The number of hydrogen-bond donors (Lipinski definition) is 0. The van der Waals surface area contributed by atoms with Crippen molar-refractivity contribution in [3.05, 3.63) is 29.8 Å². The Labute approximate surface area is 83.4 Å². The van der Waals surface area contributed by atoms with E-state index in [0.717, 1.165) is 24.4 Å². The van der Waals surface area contributed by atoms with Gasteiger partial charge >= 0.3 is 0 Å².